The van der Waals surface area contributed by atoms with Crippen molar-refractivity contribution >= 4 is 0 Å². The van der Waals surface area contributed by atoms with Gasteiger partial charge >= 0.3 is 0 Å². The van der Waals surface area contributed by atoms with Gasteiger partial charge in [0.15, 0.2) is 5.82 Å². The molecule has 1 fully saturated rings. The third-order valence-electron chi connectivity index (χ3n) is 3.56. The van der Waals surface area contributed by atoms with E-state index >= 15 is 0 Å². The van der Waals surface area contributed by atoms with Crippen molar-refractivity contribution in [3.05, 3.63) is 11.7 Å². The van der Waals surface area contributed by atoms with Crippen molar-refractivity contribution in [1.82, 2.24) is 15.5 Å². The standard InChI is InChI=1S/C13H23N3O/c1-3-14-10(2)13-15-12(16-17-13)11-8-6-4-5-7-9-11/h10-11,14H,3-9H2,1-2H3. The Morgan fingerprint density at radius 3 is 2.65 bits per heavy atom. The van der Waals surface area contributed by atoms with Crippen LogP contribution in [0.25, 0.3) is 0 Å². The Hall–Kier alpha value is -0.900. The van der Waals surface area contributed by atoms with Crippen molar-refractivity contribution in [2.45, 2.75) is 64.3 Å². The van der Waals surface area contributed by atoms with Crippen LogP contribution >= 0.6 is 0 Å². The fraction of sp³-hybridized carbons (Fsp3) is 0.846. The van der Waals surface area contributed by atoms with Gasteiger partial charge in [0.2, 0.25) is 5.89 Å². The van der Waals surface area contributed by atoms with Crippen LogP contribution in [0.2, 0.25) is 0 Å². The predicted molar refractivity (Wildman–Crippen MR) is 66.8 cm³/mol. The molecule has 0 saturated heterocycles. The van der Waals surface area contributed by atoms with E-state index in [0.717, 1.165) is 18.3 Å². The van der Waals surface area contributed by atoms with Gasteiger partial charge in [-0.3, -0.25) is 0 Å². The first-order valence-electron chi connectivity index (χ1n) is 6.88. The number of aromatic nitrogens is 2. The average molecular weight is 237 g/mol. The van der Waals surface area contributed by atoms with Crippen molar-refractivity contribution < 1.29 is 4.52 Å². The van der Waals surface area contributed by atoms with E-state index in [9.17, 15) is 0 Å². The summed E-state index contributed by atoms with van der Waals surface area (Å²) in [6.07, 6.45) is 7.75. The molecular formula is C13H23N3O. The molecule has 0 aliphatic heterocycles. The van der Waals surface area contributed by atoms with Crippen molar-refractivity contribution in [1.29, 1.82) is 0 Å². The molecular weight excluding hydrogens is 214 g/mol. The van der Waals surface area contributed by atoms with Crippen molar-refractivity contribution in [2.75, 3.05) is 6.54 Å². The van der Waals surface area contributed by atoms with Crippen LogP contribution < -0.4 is 5.32 Å². The van der Waals surface area contributed by atoms with E-state index in [4.69, 9.17) is 4.52 Å². The second-order valence-corrected chi connectivity index (χ2v) is 4.96. The second-order valence-electron chi connectivity index (χ2n) is 4.96. The van der Waals surface area contributed by atoms with Gasteiger partial charge in [-0.15, -0.1) is 0 Å². The summed E-state index contributed by atoms with van der Waals surface area (Å²) in [4.78, 5) is 4.55. The zero-order chi connectivity index (χ0) is 12.1. The summed E-state index contributed by atoms with van der Waals surface area (Å²) in [5.41, 5.74) is 0. The molecule has 0 bridgehead atoms. The van der Waals surface area contributed by atoms with Gasteiger partial charge < -0.3 is 9.84 Å². The minimum Gasteiger partial charge on any atom is -0.338 e. The molecule has 96 valence electrons. The summed E-state index contributed by atoms with van der Waals surface area (Å²) < 4.78 is 5.35. The van der Waals surface area contributed by atoms with Crippen LogP contribution in [0.15, 0.2) is 4.52 Å². The lowest BCUT2D eigenvalue weighted by atomic mass is 10.00. The second kappa shape index (κ2) is 6.15. The SMILES string of the molecule is CCNC(C)c1nc(C2CCCCCC2)no1. The minimum atomic E-state index is 0.159. The zero-order valence-corrected chi connectivity index (χ0v) is 10.9. The summed E-state index contributed by atoms with van der Waals surface area (Å²) in [5, 5.41) is 7.45. The first-order chi connectivity index (χ1) is 8.31. The lowest BCUT2D eigenvalue weighted by Gasteiger charge is -2.08. The van der Waals surface area contributed by atoms with Crippen LogP contribution in [0.5, 0.6) is 0 Å². The number of hydrogen-bond acceptors (Lipinski definition) is 4. The highest BCUT2D eigenvalue weighted by Crippen LogP contribution is 2.30. The van der Waals surface area contributed by atoms with E-state index in [0.29, 0.717) is 5.92 Å². The molecule has 0 amide bonds. The van der Waals surface area contributed by atoms with E-state index in [2.05, 4.69) is 29.3 Å². The van der Waals surface area contributed by atoms with Gasteiger partial charge in [0.1, 0.15) is 0 Å². The first-order valence-corrected chi connectivity index (χ1v) is 6.88. The molecule has 0 aromatic carbocycles. The maximum atomic E-state index is 5.35. The van der Waals surface area contributed by atoms with Gasteiger partial charge in [-0.1, -0.05) is 37.8 Å². The fourth-order valence-electron chi connectivity index (χ4n) is 2.52. The van der Waals surface area contributed by atoms with Crippen LogP contribution in [0.4, 0.5) is 0 Å². The normalized spacial score (nSPS) is 20.1. The van der Waals surface area contributed by atoms with E-state index in [1.807, 2.05) is 0 Å². The Balaban J connectivity index is 2.01. The zero-order valence-electron chi connectivity index (χ0n) is 10.9. The summed E-state index contributed by atoms with van der Waals surface area (Å²) in [6, 6.07) is 0.159. The van der Waals surface area contributed by atoms with Crippen molar-refractivity contribution in [3.63, 3.8) is 0 Å². The average Bonchev–Trinajstić information content (AvgIpc) is 2.66. The summed E-state index contributed by atoms with van der Waals surface area (Å²) in [7, 11) is 0. The predicted octanol–water partition coefficient (Wildman–Crippen LogP) is 3.18. The van der Waals surface area contributed by atoms with Crippen LogP contribution in [0, 0.1) is 0 Å². The van der Waals surface area contributed by atoms with Crippen LogP contribution in [0.1, 0.15) is 76.0 Å². The highest BCUT2D eigenvalue weighted by molar-refractivity contribution is 4.98. The molecule has 1 atom stereocenters. The van der Waals surface area contributed by atoms with Crippen molar-refractivity contribution in [3.8, 4) is 0 Å². The maximum Gasteiger partial charge on any atom is 0.243 e. The van der Waals surface area contributed by atoms with Crippen LogP contribution in [-0.2, 0) is 0 Å². The van der Waals surface area contributed by atoms with Gasteiger partial charge in [-0.25, -0.2) is 0 Å². The number of rotatable bonds is 4. The Morgan fingerprint density at radius 1 is 1.29 bits per heavy atom. The lowest BCUT2D eigenvalue weighted by Crippen LogP contribution is -2.18. The molecule has 17 heavy (non-hydrogen) atoms. The highest BCUT2D eigenvalue weighted by Gasteiger charge is 2.21. The fourth-order valence-corrected chi connectivity index (χ4v) is 2.52. The molecule has 0 spiro atoms. The summed E-state index contributed by atoms with van der Waals surface area (Å²) in [5.74, 6) is 2.17. The number of nitrogens with one attached hydrogen (secondary N) is 1. The van der Waals surface area contributed by atoms with Gasteiger partial charge in [0, 0.05) is 5.92 Å². The molecule has 1 aromatic heterocycles. The molecule has 1 N–H and O–H groups in total. The quantitative estimate of drug-likeness (QED) is 0.817. The smallest absolute Gasteiger partial charge is 0.243 e. The van der Waals surface area contributed by atoms with Gasteiger partial charge in [-0.2, -0.15) is 4.98 Å². The Bertz CT molecular complexity index is 329. The van der Waals surface area contributed by atoms with Crippen LogP contribution in [-0.4, -0.2) is 16.7 Å². The third-order valence-corrected chi connectivity index (χ3v) is 3.56. The monoisotopic (exact) mass is 237 g/mol. The minimum absolute atomic E-state index is 0.159. The molecule has 1 saturated carbocycles. The van der Waals surface area contributed by atoms with E-state index in [1.54, 1.807) is 0 Å². The Labute approximate surface area is 103 Å². The van der Waals surface area contributed by atoms with E-state index in [1.165, 1.54) is 38.5 Å². The van der Waals surface area contributed by atoms with E-state index < -0.39 is 0 Å². The van der Waals surface area contributed by atoms with Gasteiger partial charge in [-0.05, 0) is 26.3 Å². The molecule has 1 aliphatic carbocycles. The molecule has 1 aromatic rings. The molecule has 4 nitrogen and oxygen atoms in total. The molecule has 0 radical (unpaired) electrons. The summed E-state index contributed by atoms with van der Waals surface area (Å²) in [6.45, 7) is 5.06. The Morgan fingerprint density at radius 2 is 2.00 bits per heavy atom. The molecule has 4 heteroatoms. The Kier molecular flexibility index (Phi) is 4.54. The van der Waals surface area contributed by atoms with Gasteiger partial charge in [0.05, 0.1) is 6.04 Å². The lowest BCUT2D eigenvalue weighted by molar-refractivity contribution is 0.335. The number of nitrogens with zero attached hydrogens (tertiary/aromatic N) is 2. The third kappa shape index (κ3) is 3.28. The molecule has 1 aliphatic rings. The molecule has 1 heterocycles. The highest BCUT2D eigenvalue weighted by atomic mass is 16.5. The van der Waals surface area contributed by atoms with Gasteiger partial charge in [0.25, 0.3) is 0 Å². The summed E-state index contributed by atoms with van der Waals surface area (Å²) >= 11 is 0. The maximum absolute atomic E-state index is 5.35. The first kappa shape index (κ1) is 12.6. The largest absolute Gasteiger partial charge is 0.338 e. The number of hydrogen-bond donors (Lipinski definition) is 1. The van der Waals surface area contributed by atoms with E-state index in [-0.39, 0.29) is 6.04 Å². The van der Waals surface area contributed by atoms with Crippen LogP contribution in [0.3, 0.4) is 0 Å². The van der Waals surface area contributed by atoms with Crippen molar-refractivity contribution in [2.24, 2.45) is 0 Å². The molecule has 2 rings (SSSR count). The topological polar surface area (TPSA) is 51.0 Å². The molecule has 1 unspecified atom stereocenters.